The van der Waals surface area contributed by atoms with E-state index in [2.05, 4.69) is 37.1 Å². The van der Waals surface area contributed by atoms with Crippen molar-refractivity contribution in [2.75, 3.05) is 0 Å². The minimum absolute atomic E-state index is 0.0516. The molecule has 2 fully saturated rings. The summed E-state index contributed by atoms with van der Waals surface area (Å²) in [6, 6.07) is 11.2. The molecule has 35 heavy (non-hydrogen) atoms. The Labute approximate surface area is 203 Å². The van der Waals surface area contributed by atoms with Gasteiger partial charge in [0.25, 0.3) is 0 Å². The SMILES string of the molecule is CC1NC([C@@H]2C=C=C(N(Cc3ccc(C(F)(F)F)cc3)S3(c4ccc(F)cc4)OO3)C2)NC1(C)C. The quantitative estimate of drug-likeness (QED) is 0.218. The monoisotopic (exact) mass is 509 g/mol. The lowest BCUT2D eigenvalue weighted by molar-refractivity contribution is -0.137. The Morgan fingerprint density at radius 2 is 1.74 bits per heavy atom. The van der Waals surface area contributed by atoms with Gasteiger partial charge in [0.2, 0.25) is 0 Å². The highest BCUT2D eigenvalue weighted by atomic mass is 32.3. The highest BCUT2D eigenvalue weighted by Crippen LogP contribution is 2.75. The summed E-state index contributed by atoms with van der Waals surface area (Å²) in [5.41, 5.74) is 4.07. The average molecular weight is 510 g/mol. The van der Waals surface area contributed by atoms with Crippen molar-refractivity contribution in [3.05, 3.63) is 83.0 Å². The van der Waals surface area contributed by atoms with Crippen LogP contribution in [0.15, 0.2) is 70.9 Å². The molecule has 1 aliphatic carbocycles. The van der Waals surface area contributed by atoms with Crippen molar-refractivity contribution in [1.82, 2.24) is 14.9 Å². The Morgan fingerprint density at radius 1 is 1.09 bits per heavy atom. The molecular weight excluding hydrogens is 482 g/mol. The molecule has 3 atom stereocenters. The number of alkyl halides is 3. The first-order valence-corrected chi connectivity index (χ1v) is 12.8. The lowest BCUT2D eigenvalue weighted by Crippen LogP contribution is -2.44. The van der Waals surface area contributed by atoms with Gasteiger partial charge in [-0.2, -0.15) is 13.2 Å². The molecule has 0 spiro atoms. The fraction of sp³-hybridized carbons (Fsp3) is 0.400. The van der Waals surface area contributed by atoms with Gasteiger partial charge in [0.05, 0.1) is 28.9 Å². The predicted octanol–water partition coefficient (Wildman–Crippen LogP) is 5.96. The molecule has 0 amide bonds. The van der Waals surface area contributed by atoms with E-state index in [-0.39, 0.29) is 36.0 Å². The first-order chi connectivity index (χ1) is 16.5. The number of benzene rings is 2. The van der Waals surface area contributed by atoms with Crippen molar-refractivity contribution in [2.45, 2.75) is 62.6 Å². The fourth-order valence-corrected chi connectivity index (χ4v) is 6.40. The number of nitrogens with one attached hydrogen (secondary N) is 2. The highest BCUT2D eigenvalue weighted by molar-refractivity contribution is 8.27. The number of hydrogen-bond acceptors (Lipinski definition) is 5. The van der Waals surface area contributed by atoms with E-state index in [9.17, 15) is 17.6 Å². The number of halogens is 4. The van der Waals surface area contributed by atoms with Gasteiger partial charge in [-0.15, -0.1) is 5.73 Å². The zero-order chi connectivity index (χ0) is 25.0. The summed E-state index contributed by atoms with van der Waals surface area (Å²) in [5, 5.41) is 7.22. The normalized spacial score (nSPS) is 27.5. The third kappa shape index (κ3) is 4.74. The molecule has 3 aliphatic rings. The highest BCUT2D eigenvalue weighted by Gasteiger charge is 2.50. The van der Waals surface area contributed by atoms with Crippen LogP contribution in [0.3, 0.4) is 0 Å². The lowest BCUT2D eigenvalue weighted by atomic mass is 9.99. The molecule has 0 saturated carbocycles. The first-order valence-electron chi connectivity index (χ1n) is 11.4. The van der Waals surface area contributed by atoms with Gasteiger partial charge in [-0.3, -0.25) is 14.9 Å². The van der Waals surface area contributed by atoms with Crippen LogP contribution >= 0.6 is 10.8 Å². The van der Waals surface area contributed by atoms with Gasteiger partial charge in [0.15, 0.2) is 0 Å². The molecule has 5 nitrogen and oxygen atoms in total. The molecule has 2 aromatic rings. The summed E-state index contributed by atoms with van der Waals surface area (Å²) in [4.78, 5) is 0.662. The van der Waals surface area contributed by atoms with Gasteiger partial charge in [0, 0.05) is 23.9 Å². The number of hydrogen-bond donors (Lipinski definition) is 2. The smallest absolute Gasteiger partial charge is 0.297 e. The molecule has 2 heterocycles. The van der Waals surface area contributed by atoms with Crippen molar-refractivity contribution < 1.29 is 26.2 Å². The van der Waals surface area contributed by atoms with Crippen LogP contribution in [0.4, 0.5) is 17.6 Å². The van der Waals surface area contributed by atoms with E-state index in [1.54, 1.807) is 12.1 Å². The average Bonchev–Trinajstić information content (AvgIpc) is 3.36. The minimum atomic E-state index is -4.41. The molecule has 188 valence electrons. The Bertz CT molecular complexity index is 1160. The van der Waals surface area contributed by atoms with E-state index in [0.29, 0.717) is 16.9 Å². The molecule has 0 bridgehead atoms. The fourth-order valence-electron chi connectivity index (χ4n) is 4.41. The standard InChI is InChI=1S/C25H27F4N3O2S/c1-16-24(2,3)31-23(30-16)18-6-11-21(14-18)32(15-17-4-7-19(8-5-17)25(27,28)29)35(33-34-35)22-12-9-20(26)10-13-22/h4-10,12-13,16,18,23,30-31H,14-15H2,1-3H3/t16?,18-,23?/m1/s1. The van der Waals surface area contributed by atoms with Crippen LogP contribution in [0.5, 0.6) is 0 Å². The van der Waals surface area contributed by atoms with Crippen molar-refractivity contribution in [1.29, 1.82) is 0 Å². The maximum absolute atomic E-state index is 13.6. The van der Waals surface area contributed by atoms with Crippen molar-refractivity contribution in [3.63, 3.8) is 0 Å². The van der Waals surface area contributed by atoms with Crippen LogP contribution in [-0.2, 0) is 21.4 Å². The maximum atomic E-state index is 13.6. The molecule has 2 N–H and O–H groups in total. The van der Waals surface area contributed by atoms with E-state index in [4.69, 9.17) is 8.67 Å². The lowest BCUT2D eigenvalue weighted by Gasteiger charge is -2.34. The largest absolute Gasteiger partial charge is 0.416 e. The van der Waals surface area contributed by atoms with Gasteiger partial charge in [-0.25, -0.2) is 4.39 Å². The summed E-state index contributed by atoms with van der Waals surface area (Å²) < 4.78 is 65.8. The Hall–Kier alpha value is -2.33. The summed E-state index contributed by atoms with van der Waals surface area (Å²) in [7, 11) is -2.38. The second kappa shape index (κ2) is 8.65. The Balaban J connectivity index is 1.41. The van der Waals surface area contributed by atoms with E-state index < -0.39 is 22.5 Å². The topological polar surface area (TPSA) is 52.4 Å². The third-order valence-corrected chi connectivity index (χ3v) is 9.06. The summed E-state index contributed by atoms with van der Waals surface area (Å²) in [6.07, 6.45) is -1.71. The molecule has 2 aromatic carbocycles. The molecular formula is C25H27F4N3O2S. The maximum Gasteiger partial charge on any atom is 0.416 e. The number of rotatable bonds is 6. The second-order valence-electron chi connectivity index (χ2n) is 9.65. The zero-order valence-corrected chi connectivity index (χ0v) is 20.3. The van der Waals surface area contributed by atoms with Crippen LogP contribution in [0.25, 0.3) is 0 Å². The first kappa shape index (κ1) is 24.4. The summed E-state index contributed by atoms with van der Waals surface area (Å²) in [6.45, 7) is 6.68. The molecule has 0 aromatic heterocycles. The van der Waals surface area contributed by atoms with Crippen LogP contribution < -0.4 is 10.6 Å². The van der Waals surface area contributed by atoms with Crippen LogP contribution in [0.1, 0.15) is 38.3 Å². The van der Waals surface area contributed by atoms with Gasteiger partial charge in [-0.1, -0.05) is 20.8 Å². The summed E-state index contributed by atoms with van der Waals surface area (Å²) in [5.74, 6) is -0.263. The predicted molar refractivity (Wildman–Crippen MR) is 125 cm³/mol. The van der Waals surface area contributed by atoms with E-state index >= 15 is 0 Å². The molecule has 2 saturated heterocycles. The Kier molecular flexibility index (Phi) is 6.03. The zero-order valence-electron chi connectivity index (χ0n) is 19.5. The molecule has 2 unspecified atom stereocenters. The van der Waals surface area contributed by atoms with Gasteiger partial charge >= 0.3 is 6.18 Å². The van der Waals surface area contributed by atoms with Gasteiger partial charge in [-0.05, 0) is 79.6 Å². The van der Waals surface area contributed by atoms with E-state index in [1.165, 1.54) is 24.3 Å². The van der Waals surface area contributed by atoms with Crippen molar-refractivity contribution in [2.24, 2.45) is 5.92 Å². The summed E-state index contributed by atoms with van der Waals surface area (Å²) >= 11 is 0. The molecule has 10 heteroatoms. The van der Waals surface area contributed by atoms with E-state index in [0.717, 1.165) is 17.8 Å². The van der Waals surface area contributed by atoms with Crippen LogP contribution in [0.2, 0.25) is 0 Å². The minimum Gasteiger partial charge on any atom is -0.297 e. The third-order valence-electron chi connectivity index (χ3n) is 6.87. The van der Waals surface area contributed by atoms with Crippen LogP contribution in [-0.4, -0.2) is 22.1 Å². The van der Waals surface area contributed by atoms with Gasteiger partial charge in [0.1, 0.15) is 5.82 Å². The van der Waals surface area contributed by atoms with Crippen molar-refractivity contribution >= 4 is 10.8 Å². The van der Waals surface area contributed by atoms with Crippen molar-refractivity contribution in [3.8, 4) is 0 Å². The van der Waals surface area contributed by atoms with Gasteiger partial charge < -0.3 is 0 Å². The molecule has 0 radical (unpaired) electrons. The molecule has 5 rings (SSSR count). The Morgan fingerprint density at radius 3 is 2.29 bits per heavy atom. The van der Waals surface area contributed by atoms with Crippen LogP contribution in [0, 0.1) is 11.7 Å². The second-order valence-corrected chi connectivity index (χ2v) is 11.8. The molecule has 2 aliphatic heterocycles. The van der Waals surface area contributed by atoms with E-state index in [1.807, 2.05) is 10.4 Å². The number of nitrogens with zero attached hydrogens (tertiary/aromatic N) is 1.